The molecule has 3 aromatic rings. The van der Waals surface area contributed by atoms with Gasteiger partial charge in [0, 0.05) is 0 Å². The van der Waals surface area contributed by atoms with E-state index in [1.165, 1.54) is 12.1 Å². The Kier molecular flexibility index (Phi) is 7.54. The molecule has 0 aliphatic rings. The average Bonchev–Trinajstić information content (AvgIpc) is 2.78. The summed E-state index contributed by atoms with van der Waals surface area (Å²) in [5.41, 5.74) is 2.60. The molecule has 0 aromatic heterocycles. The van der Waals surface area contributed by atoms with E-state index in [9.17, 15) is 23.4 Å². The molecule has 3 aromatic carbocycles. The molecule has 0 aliphatic carbocycles. The third-order valence-corrected chi connectivity index (χ3v) is 6.06. The highest BCUT2D eigenvalue weighted by molar-refractivity contribution is 7.89. The van der Waals surface area contributed by atoms with Crippen molar-refractivity contribution in [3.8, 4) is 11.1 Å². The van der Waals surface area contributed by atoms with Crippen molar-refractivity contribution in [2.45, 2.75) is 23.6 Å². The van der Waals surface area contributed by atoms with Gasteiger partial charge in [0.2, 0.25) is 10.0 Å². The lowest BCUT2D eigenvalue weighted by Gasteiger charge is -2.20. The van der Waals surface area contributed by atoms with Crippen molar-refractivity contribution in [3.05, 3.63) is 90.5 Å². The van der Waals surface area contributed by atoms with E-state index in [4.69, 9.17) is 4.74 Å². The van der Waals surface area contributed by atoms with Crippen LogP contribution >= 0.6 is 0 Å². The molecule has 3 N–H and O–H groups in total. The molecule has 0 amide bonds. The number of nitrogens with one attached hydrogen (secondary N) is 1. The van der Waals surface area contributed by atoms with Crippen LogP contribution in [0.3, 0.4) is 0 Å². The molecule has 0 aliphatic heterocycles. The number of sulfonamides is 1. The molecule has 0 bridgehead atoms. The first-order chi connectivity index (χ1) is 14.9. The molecule has 0 heterocycles. The van der Waals surface area contributed by atoms with Gasteiger partial charge in [0.15, 0.2) is 0 Å². The van der Waals surface area contributed by atoms with Crippen LogP contribution in [0.1, 0.15) is 5.56 Å². The van der Waals surface area contributed by atoms with Crippen LogP contribution in [0.5, 0.6) is 0 Å². The zero-order valence-electron chi connectivity index (χ0n) is 16.6. The van der Waals surface area contributed by atoms with E-state index in [-0.39, 0.29) is 18.1 Å². The standard InChI is InChI=1S/C23H23NO6S/c25-21(16-30-15-17-7-3-1-4-8-17)22(23(26)27)24-31(28,29)20-13-11-19(12-14-20)18-9-5-2-6-10-18/h1-14,21-22,24-25H,15-16H2,(H,26,27)/t21-,22-/m1/s1. The Morgan fingerprint density at radius 2 is 1.42 bits per heavy atom. The van der Waals surface area contributed by atoms with Gasteiger partial charge in [-0.2, -0.15) is 4.72 Å². The zero-order chi connectivity index (χ0) is 22.3. The van der Waals surface area contributed by atoms with Gasteiger partial charge in [0.1, 0.15) is 12.1 Å². The number of benzene rings is 3. The summed E-state index contributed by atoms with van der Waals surface area (Å²) >= 11 is 0. The van der Waals surface area contributed by atoms with E-state index >= 15 is 0 Å². The normalized spacial score (nSPS) is 13.5. The Balaban J connectivity index is 1.65. The van der Waals surface area contributed by atoms with Crippen molar-refractivity contribution in [2.75, 3.05) is 6.61 Å². The number of hydrogen-bond donors (Lipinski definition) is 3. The molecule has 0 saturated carbocycles. The largest absolute Gasteiger partial charge is 0.480 e. The first-order valence-corrected chi connectivity index (χ1v) is 11.1. The number of hydrogen-bond acceptors (Lipinski definition) is 5. The lowest BCUT2D eigenvalue weighted by molar-refractivity contribution is -0.143. The van der Waals surface area contributed by atoms with E-state index in [1.807, 2.05) is 60.7 Å². The second kappa shape index (κ2) is 10.3. The number of rotatable bonds is 10. The Hall–Kier alpha value is -3.04. The highest BCUT2D eigenvalue weighted by atomic mass is 32.2. The van der Waals surface area contributed by atoms with Crippen LogP contribution in [-0.4, -0.2) is 43.4 Å². The maximum absolute atomic E-state index is 12.7. The molecule has 0 saturated heterocycles. The third kappa shape index (κ3) is 6.22. The van der Waals surface area contributed by atoms with Crippen LogP contribution in [0.4, 0.5) is 0 Å². The molecule has 0 fully saturated rings. The fraction of sp³-hybridized carbons (Fsp3) is 0.174. The molecule has 3 rings (SSSR count). The summed E-state index contributed by atoms with van der Waals surface area (Å²) in [5, 5.41) is 19.6. The first kappa shape index (κ1) is 22.6. The van der Waals surface area contributed by atoms with Crippen molar-refractivity contribution in [2.24, 2.45) is 0 Å². The smallest absolute Gasteiger partial charge is 0.324 e. The number of aliphatic carboxylic acids is 1. The highest BCUT2D eigenvalue weighted by Crippen LogP contribution is 2.21. The number of ether oxygens (including phenoxy) is 1. The Bertz CT molecular complexity index is 1090. The number of aliphatic hydroxyl groups is 1. The number of carbonyl (C=O) groups is 1. The van der Waals surface area contributed by atoms with Crippen LogP contribution in [0, 0.1) is 0 Å². The van der Waals surface area contributed by atoms with E-state index in [0.717, 1.165) is 16.7 Å². The van der Waals surface area contributed by atoms with Gasteiger partial charge in [-0.1, -0.05) is 72.8 Å². The van der Waals surface area contributed by atoms with Gasteiger partial charge in [-0.05, 0) is 28.8 Å². The summed E-state index contributed by atoms with van der Waals surface area (Å²) in [6.07, 6.45) is -1.57. The van der Waals surface area contributed by atoms with Gasteiger partial charge in [0.25, 0.3) is 0 Å². The first-order valence-electron chi connectivity index (χ1n) is 9.57. The maximum atomic E-state index is 12.7. The Morgan fingerprint density at radius 3 is 2.00 bits per heavy atom. The molecule has 162 valence electrons. The summed E-state index contributed by atoms with van der Waals surface area (Å²) in [4.78, 5) is 11.5. The Labute approximate surface area is 181 Å². The Morgan fingerprint density at radius 1 is 0.871 bits per heavy atom. The predicted molar refractivity (Wildman–Crippen MR) is 116 cm³/mol. The van der Waals surface area contributed by atoms with Crippen LogP contribution in [0.2, 0.25) is 0 Å². The molecular weight excluding hydrogens is 418 g/mol. The van der Waals surface area contributed by atoms with Gasteiger partial charge in [0.05, 0.1) is 18.1 Å². The van der Waals surface area contributed by atoms with Crippen molar-refractivity contribution in [3.63, 3.8) is 0 Å². The number of carboxylic acids is 1. The highest BCUT2D eigenvalue weighted by Gasteiger charge is 2.32. The van der Waals surface area contributed by atoms with Crippen LogP contribution < -0.4 is 4.72 Å². The van der Waals surface area contributed by atoms with E-state index in [0.29, 0.717) is 0 Å². The third-order valence-electron chi connectivity index (χ3n) is 4.60. The molecule has 7 nitrogen and oxygen atoms in total. The summed E-state index contributed by atoms with van der Waals surface area (Å²) in [6, 6.07) is 22.9. The SMILES string of the molecule is O=C(O)[C@H](NS(=O)(=O)c1ccc(-c2ccccc2)cc1)[C@H](O)COCc1ccccc1. The molecule has 2 atom stereocenters. The fourth-order valence-electron chi connectivity index (χ4n) is 2.95. The lowest BCUT2D eigenvalue weighted by Crippen LogP contribution is -2.50. The van der Waals surface area contributed by atoms with Gasteiger partial charge < -0.3 is 14.9 Å². The summed E-state index contributed by atoms with van der Waals surface area (Å²) in [5.74, 6) is -1.50. The molecule has 0 radical (unpaired) electrons. The minimum absolute atomic E-state index is 0.101. The number of aliphatic hydroxyl groups excluding tert-OH is 1. The van der Waals surface area contributed by atoms with E-state index in [2.05, 4.69) is 4.72 Å². The minimum Gasteiger partial charge on any atom is -0.480 e. The maximum Gasteiger partial charge on any atom is 0.324 e. The van der Waals surface area contributed by atoms with Crippen molar-refractivity contribution in [1.29, 1.82) is 0 Å². The summed E-state index contributed by atoms with van der Waals surface area (Å²) in [7, 11) is -4.17. The van der Waals surface area contributed by atoms with Crippen molar-refractivity contribution >= 4 is 16.0 Å². The lowest BCUT2D eigenvalue weighted by atomic mass is 10.1. The summed E-state index contributed by atoms with van der Waals surface area (Å²) < 4.78 is 32.7. The van der Waals surface area contributed by atoms with Crippen molar-refractivity contribution < 1.29 is 28.2 Å². The zero-order valence-corrected chi connectivity index (χ0v) is 17.4. The molecule has 8 heteroatoms. The van der Waals surface area contributed by atoms with E-state index < -0.39 is 28.1 Å². The molecule has 0 spiro atoms. The van der Waals surface area contributed by atoms with Crippen molar-refractivity contribution in [1.82, 2.24) is 4.72 Å². The summed E-state index contributed by atoms with van der Waals surface area (Å²) in [6.45, 7) is -0.181. The van der Waals surface area contributed by atoms with Crippen LogP contribution in [-0.2, 0) is 26.2 Å². The average molecular weight is 442 g/mol. The van der Waals surface area contributed by atoms with Gasteiger partial charge >= 0.3 is 5.97 Å². The second-order valence-electron chi connectivity index (χ2n) is 6.90. The predicted octanol–water partition coefficient (Wildman–Crippen LogP) is 2.66. The topological polar surface area (TPSA) is 113 Å². The fourth-order valence-corrected chi connectivity index (χ4v) is 4.18. The van der Waals surface area contributed by atoms with Gasteiger partial charge in [-0.3, -0.25) is 4.79 Å². The number of carboxylic acid groups (broad SMARTS) is 1. The van der Waals surface area contributed by atoms with E-state index in [1.54, 1.807) is 12.1 Å². The monoisotopic (exact) mass is 441 g/mol. The van der Waals surface area contributed by atoms with Gasteiger partial charge in [-0.25, -0.2) is 8.42 Å². The minimum atomic E-state index is -4.17. The molecular formula is C23H23NO6S. The quantitative estimate of drug-likeness (QED) is 0.446. The molecule has 31 heavy (non-hydrogen) atoms. The van der Waals surface area contributed by atoms with Crippen LogP contribution in [0.15, 0.2) is 89.8 Å². The van der Waals surface area contributed by atoms with Crippen LogP contribution in [0.25, 0.3) is 11.1 Å². The molecule has 0 unspecified atom stereocenters. The van der Waals surface area contributed by atoms with Gasteiger partial charge in [-0.15, -0.1) is 0 Å². The second-order valence-corrected chi connectivity index (χ2v) is 8.61.